The third-order valence-electron chi connectivity index (χ3n) is 6.16. The molecule has 0 spiro atoms. The van der Waals surface area contributed by atoms with Crippen LogP contribution in [0.4, 0.5) is 5.69 Å². The van der Waals surface area contributed by atoms with Crippen LogP contribution in [0.1, 0.15) is 23.6 Å². The fourth-order valence-corrected chi connectivity index (χ4v) is 5.63. The van der Waals surface area contributed by atoms with E-state index in [1.807, 2.05) is 38.1 Å². The van der Waals surface area contributed by atoms with Crippen LogP contribution in [0.2, 0.25) is 5.02 Å². The predicted octanol–water partition coefficient (Wildman–Crippen LogP) is 4.32. The van der Waals surface area contributed by atoms with Crippen LogP contribution in [-0.2, 0) is 26.2 Å². The standard InChI is InChI=1S/C28H32ClN3O5S/c1-19-9-12-24(13-10-19)38(35,36)32(23-11-14-26(37-5)25(29)16-23)18-27(33)31(21(3)28(34)30-4)17-22-8-6-7-20(2)15-22/h6-16,21H,17-18H2,1-5H3,(H,30,34)/t21-/m0/s1. The van der Waals surface area contributed by atoms with E-state index in [2.05, 4.69) is 5.32 Å². The van der Waals surface area contributed by atoms with Crippen LogP contribution in [0.25, 0.3) is 0 Å². The molecule has 3 aromatic rings. The number of nitrogens with zero attached hydrogens (tertiary/aromatic N) is 2. The first-order valence-corrected chi connectivity index (χ1v) is 13.8. The summed E-state index contributed by atoms with van der Waals surface area (Å²) in [5.74, 6) is -0.555. The number of amides is 2. The Labute approximate surface area is 229 Å². The molecular formula is C28H32ClN3O5S. The quantitative estimate of drug-likeness (QED) is 0.400. The SMILES string of the molecule is CNC(=O)[C@H](C)N(Cc1cccc(C)c1)C(=O)CN(c1ccc(OC)c(Cl)c1)S(=O)(=O)c1ccc(C)cc1. The van der Waals surface area contributed by atoms with Gasteiger partial charge in [0.2, 0.25) is 11.8 Å². The molecule has 202 valence electrons. The number of halogens is 1. The maximum absolute atomic E-state index is 13.8. The molecule has 0 aliphatic rings. The van der Waals surface area contributed by atoms with E-state index in [4.69, 9.17) is 16.3 Å². The molecular weight excluding hydrogens is 526 g/mol. The topological polar surface area (TPSA) is 96.0 Å². The molecule has 38 heavy (non-hydrogen) atoms. The lowest BCUT2D eigenvalue weighted by Gasteiger charge is -2.32. The second-order valence-corrected chi connectivity index (χ2v) is 11.2. The van der Waals surface area contributed by atoms with E-state index in [1.165, 1.54) is 49.4 Å². The zero-order valence-electron chi connectivity index (χ0n) is 22.1. The monoisotopic (exact) mass is 557 g/mol. The number of hydrogen-bond acceptors (Lipinski definition) is 5. The van der Waals surface area contributed by atoms with Gasteiger partial charge in [-0.2, -0.15) is 0 Å². The number of methoxy groups -OCH3 is 1. The Hall–Kier alpha value is -3.56. The highest BCUT2D eigenvalue weighted by Gasteiger charge is 2.32. The first kappa shape index (κ1) is 29.0. The minimum absolute atomic E-state index is 0.0208. The number of ether oxygens (including phenoxy) is 1. The number of carbonyl (C=O) groups is 2. The summed E-state index contributed by atoms with van der Waals surface area (Å²) in [4.78, 5) is 27.8. The maximum atomic E-state index is 13.8. The van der Waals surface area contributed by atoms with Crippen molar-refractivity contribution in [2.24, 2.45) is 0 Å². The summed E-state index contributed by atoms with van der Waals surface area (Å²) in [5, 5.41) is 2.76. The number of likely N-dealkylation sites (N-methyl/N-ethyl adjacent to an activating group) is 1. The second-order valence-electron chi connectivity index (χ2n) is 8.94. The van der Waals surface area contributed by atoms with Crippen LogP contribution in [-0.4, -0.2) is 51.9 Å². The highest BCUT2D eigenvalue weighted by atomic mass is 35.5. The molecule has 0 radical (unpaired) electrons. The molecule has 0 aromatic heterocycles. The first-order chi connectivity index (χ1) is 18.0. The summed E-state index contributed by atoms with van der Waals surface area (Å²) >= 11 is 6.33. The maximum Gasteiger partial charge on any atom is 0.264 e. The molecule has 0 heterocycles. The Morgan fingerprint density at radius 1 is 1.00 bits per heavy atom. The Bertz CT molecular complexity index is 1410. The average Bonchev–Trinajstić information content (AvgIpc) is 2.89. The fourth-order valence-electron chi connectivity index (χ4n) is 3.98. The van der Waals surface area contributed by atoms with Gasteiger partial charge in [-0.25, -0.2) is 8.42 Å². The molecule has 1 atom stereocenters. The number of carbonyl (C=O) groups excluding carboxylic acids is 2. The van der Waals surface area contributed by atoms with Crippen LogP contribution in [0.5, 0.6) is 5.75 Å². The smallest absolute Gasteiger partial charge is 0.264 e. The lowest BCUT2D eigenvalue weighted by Crippen LogP contribution is -2.50. The Morgan fingerprint density at radius 3 is 2.26 bits per heavy atom. The van der Waals surface area contributed by atoms with Gasteiger partial charge in [-0.15, -0.1) is 0 Å². The molecule has 0 bridgehead atoms. The van der Waals surface area contributed by atoms with Gasteiger partial charge >= 0.3 is 0 Å². The lowest BCUT2D eigenvalue weighted by molar-refractivity contribution is -0.139. The summed E-state index contributed by atoms with van der Waals surface area (Å²) in [6, 6.07) is 17.6. The third-order valence-corrected chi connectivity index (χ3v) is 8.24. The van der Waals surface area contributed by atoms with Gasteiger partial charge in [0.1, 0.15) is 18.3 Å². The van der Waals surface area contributed by atoms with Gasteiger partial charge in [0.05, 0.1) is 22.7 Å². The number of aryl methyl sites for hydroxylation is 2. The Morgan fingerprint density at radius 2 is 1.68 bits per heavy atom. The third kappa shape index (κ3) is 6.65. The summed E-state index contributed by atoms with van der Waals surface area (Å²) in [7, 11) is -1.24. The number of rotatable bonds is 10. The largest absolute Gasteiger partial charge is 0.495 e. The van der Waals surface area contributed by atoms with Gasteiger partial charge in [0, 0.05) is 13.6 Å². The number of benzene rings is 3. The number of sulfonamides is 1. The molecule has 0 saturated carbocycles. The van der Waals surface area contributed by atoms with Crippen molar-refractivity contribution in [3.8, 4) is 5.75 Å². The molecule has 8 nitrogen and oxygen atoms in total. The molecule has 0 fully saturated rings. The summed E-state index contributed by atoms with van der Waals surface area (Å²) in [6.07, 6.45) is 0. The lowest BCUT2D eigenvalue weighted by atomic mass is 10.1. The van der Waals surface area contributed by atoms with Crippen LogP contribution < -0.4 is 14.4 Å². The molecule has 3 rings (SSSR count). The van der Waals surface area contributed by atoms with Crippen molar-refractivity contribution in [3.63, 3.8) is 0 Å². The van der Waals surface area contributed by atoms with E-state index < -0.39 is 28.5 Å². The van der Waals surface area contributed by atoms with Crippen LogP contribution in [0.15, 0.2) is 71.6 Å². The van der Waals surface area contributed by atoms with Gasteiger partial charge < -0.3 is 15.0 Å². The van der Waals surface area contributed by atoms with Crippen molar-refractivity contribution >= 4 is 39.1 Å². The molecule has 0 saturated heterocycles. The highest BCUT2D eigenvalue weighted by Crippen LogP contribution is 2.32. The van der Waals surface area contributed by atoms with E-state index in [0.29, 0.717) is 5.75 Å². The molecule has 1 N–H and O–H groups in total. The van der Waals surface area contributed by atoms with E-state index in [9.17, 15) is 18.0 Å². The van der Waals surface area contributed by atoms with Gasteiger partial charge in [-0.3, -0.25) is 13.9 Å². The Balaban J connectivity index is 2.07. The van der Waals surface area contributed by atoms with E-state index in [0.717, 1.165) is 21.0 Å². The zero-order valence-corrected chi connectivity index (χ0v) is 23.6. The summed E-state index contributed by atoms with van der Waals surface area (Å²) in [6.45, 7) is 4.96. The molecule has 0 aliphatic carbocycles. The molecule has 0 unspecified atom stereocenters. The molecule has 2 amide bonds. The summed E-state index contributed by atoms with van der Waals surface area (Å²) in [5.41, 5.74) is 2.89. The molecule has 0 aliphatic heterocycles. The minimum atomic E-state index is -4.18. The van der Waals surface area contributed by atoms with E-state index in [-0.39, 0.29) is 28.1 Å². The van der Waals surface area contributed by atoms with E-state index >= 15 is 0 Å². The van der Waals surface area contributed by atoms with Crippen molar-refractivity contribution in [3.05, 3.63) is 88.4 Å². The number of hydrogen-bond donors (Lipinski definition) is 1. The second kappa shape index (κ2) is 12.3. The fraction of sp³-hybridized carbons (Fsp3) is 0.286. The van der Waals surface area contributed by atoms with Crippen molar-refractivity contribution in [2.45, 2.75) is 38.3 Å². The van der Waals surface area contributed by atoms with Crippen LogP contribution >= 0.6 is 11.6 Å². The van der Waals surface area contributed by atoms with Gasteiger partial charge in [0.15, 0.2) is 0 Å². The number of nitrogens with one attached hydrogen (secondary N) is 1. The van der Waals surface area contributed by atoms with Gasteiger partial charge in [-0.1, -0.05) is 59.1 Å². The van der Waals surface area contributed by atoms with Gasteiger partial charge in [-0.05, 0) is 56.7 Å². The van der Waals surface area contributed by atoms with Crippen molar-refractivity contribution in [1.82, 2.24) is 10.2 Å². The predicted molar refractivity (Wildman–Crippen MR) is 149 cm³/mol. The number of anilines is 1. The van der Waals surface area contributed by atoms with Crippen molar-refractivity contribution in [2.75, 3.05) is 25.0 Å². The normalized spacial score (nSPS) is 11.9. The minimum Gasteiger partial charge on any atom is -0.495 e. The van der Waals surface area contributed by atoms with Crippen LogP contribution in [0, 0.1) is 13.8 Å². The Kier molecular flexibility index (Phi) is 9.40. The molecule has 10 heteroatoms. The van der Waals surface area contributed by atoms with Crippen LogP contribution in [0.3, 0.4) is 0 Å². The van der Waals surface area contributed by atoms with Crippen molar-refractivity contribution in [1.29, 1.82) is 0 Å². The highest BCUT2D eigenvalue weighted by molar-refractivity contribution is 7.92. The van der Waals surface area contributed by atoms with E-state index in [1.54, 1.807) is 19.1 Å². The first-order valence-electron chi connectivity index (χ1n) is 12.0. The van der Waals surface area contributed by atoms with Gasteiger partial charge in [0.25, 0.3) is 10.0 Å². The van der Waals surface area contributed by atoms with Crippen molar-refractivity contribution < 1.29 is 22.7 Å². The zero-order chi connectivity index (χ0) is 28.0. The summed E-state index contributed by atoms with van der Waals surface area (Å²) < 4.78 is 33.9. The average molecular weight is 558 g/mol. The molecule has 3 aromatic carbocycles.